The zero-order valence-electron chi connectivity index (χ0n) is 16.2. The first-order valence-corrected chi connectivity index (χ1v) is 10.8. The number of amides is 1. The molecule has 1 aliphatic rings. The maximum Gasteiger partial charge on any atom is 0.319 e. The molecule has 0 atom stereocenters. The lowest BCUT2D eigenvalue weighted by atomic mass is 9.78. The lowest BCUT2D eigenvalue weighted by Gasteiger charge is -2.39. The summed E-state index contributed by atoms with van der Waals surface area (Å²) in [5.74, 6) is -0.529. The van der Waals surface area contributed by atoms with E-state index in [1.165, 1.54) is 16.7 Å². The van der Waals surface area contributed by atoms with Gasteiger partial charge in [-0.3, -0.25) is 14.3 Å². The largest absolute Gasteiger partial charge is 0.464 e. The minimum Gasteiger partial charge on any atom is -0.464 e. The molecule has 168 valence electrons. The van der Waals surface area contributed by atoms with Crippen LogP contribution in [-0.4, -0.2) is 63.3 Å². The number of hydrogen-bond acceptors (Lipinski definition) is 6. The fraction of sp³-hybridized carbons (Fsp3) is 0.647. The first-order valence-electron chi connectivity index (χ1n) is 9.00. The van der Waals surface area contributed by atoms with Gasteiger partial charge in [-0.05, 0) is 25.2 Å². The van der Waals surface area contributed by atoms with Gasteiger partial charge in [0.1, 0.15) is 30.0 Å². The van der Waals surface area contributed by atoms with Crippen molar-refractivity contribution in [3.8, 4) is 0 Å². The van der Waals surface area contributed by atoms with E-state index in [2.05, 4.69) is 5.10 Å². The number of esters is 1. The molecule has 1 amide bonds. The van der Waals surface area contributed by atoms with Crippen molar-refractivity contribution >= 4 is 40.8 Å². The van der Waals surface area contributed by atoms with Gasteiger partial charge < -0.3 is 15.4 Å². The quantitative estimate of drug-likeness (QED) is 0.257. The minimum absolute atomic E-state index is 0.0302. The number of alkyl halides is 4. The number of piperidine rings is 1. The topological polar surface area (TPSA) is 90.5 Å². The van der Waals surface area contributed by atoms with Gasteiger partial charge in [0.25, 0.3) is 12.9 Å². The van der Waals surface area contributed by atoms with Crippen molar-refractivity contribution in [1.82, 2.24) is 14.7 Å². The maximum absolute atomic E-state index is 13.1. The second-order valence-electron chi connectivity index (χ2n) is 6.71. The van der Waals surface area contributed by atoms with Gasteiger partial charge in [0.05, 0.1) is 4.99 Å². The van der Waals surface area contributed by atoms with Crippen LogP contribution in [0, 0.1) is 5.41 Å². The van der Waals surface area contributed by atoms with Crippen LogP contribution >= 0.6 is 24.0 Å². The van der Waals surface area contributed by atoms with E-state index in [0.717, 1.165) is 0 Å². The van der Waals surface area contributed by atoms with E-state index in [0.29, 0.717) is 16.5 Å². The number of carbonyl (C=O) groups is 2. The molecule has 1 fully saturated rings. The van der Waals surface area contributed by atoms with Gasteiger partial charge in [0, 0.05) is 18.8 Å². The molecule has 13 heteroatoms. The number of hydrogen-bond donors (Lipinski definition) is 1. The summed E-state index contributed by atoms with van der Waals surface area (Å²) in [6.07, 6.45) is -3.98. The number of carbonyl (C=O) groups excluding carboxylic acids is 2. The van der Waals surface area contributed by atoms with E-state index in [9.17, 15) is 27.2 Å². The Bertz CT molecular complexity index is 783. The predicted octanol–water partition coefficient (Wildman–Crippen LogP) is 2.56. The fourth-order valence-corrected chi connectivity index (χ4v) is 3.67. The second kappa shape index (κ2) is 10.4. The Kier molecular flexibility index (Phi) is 8.47. The van der Waals surface area contributed by atoms with Gasteiger partial charge in [-0.15, -0.1) is 0 Å². The molecule has 0 aliphatic carbocycles. The van der Waals surface area contributed by atoms with Crippen LogP contribution < -0.4 is 5.73 Å². The van der Waals surface area contributed by atoms with Crippen LogP contribution in [0.5, 0.6) is 0 Å². The number of aromatic nitrogens is 2. The van der Waals surface area contributed by atoms with E-state index in [1.54, 1.807) is 0 Å². The van der Waals surface area contributed by atoms with E-state index < -0.39 is 48.1 Å². The highest BCUT2D eigenvalue weighted by Crippen LogP contribution is 2.34. The summed E-state index contributed by atoms with van der Waals surface area (Å²) in [5.41, 5.74) is 3.01. The molecule has 0 radical (unpaired) electrons. The molecule has 7 nitrogen and oxygen atoms in total. The zero-order chi connectivity index (χ0) is 22.5. The van der Waals surface area contributed by atoms with Crippen LogP contribution in [0.15, 0.2) is 6.07 Å². The molecule has 0 spiro atoms. The standard InChI is InChI=1S/C17H22F4N4O3S2/c1-30-7-6-28-16(27)17(15(22)29)2-4-24(5-3-17)12(26)9-25-11(14(20)21)8-10(23-25)13(18)19/h8,13-14H,2-7,9H2,1H3,(H2,22,29). The van der Waals surface area contributed by atoms with Crippen LogP contribution in [0.2, 0.25) is 0 Å². The second-order valence-corrected chi connectivity index (χ2v) is 8.13. The molecule has 2 N–H and O–H groups in total. The van der Waals surface area contributed by atoms with Gasteiger partial charge >= 0.3 is 5.97 Å². The number of rotatable bonds is 9. The lowest BCUT2D eigenvalue weighted by Crippen LogP contribution is -2.53. The molecule has 0 unspecified atom stereocenters. The Hall–Kier alpha value is -1.89. The van der Waals surface area contributed by atoms with Crippen molar-refractivity contribution in [3.05, 3.63) is 17.5 Å². The third-order valence-corrected chi connectivity index (χ3v) is 5.88. The lowest BCUT2D eigenvalue weighted by molar-refractivity contribution is -0.155. The van der Waals surface area contributed by atoms with Crippen molar-refractivity contribution in [2.75, 3.05) is 31.7 Å². The van der Waals surface area contributed by atoms with Crippen molar-refractivity contribution in [2.45, 2.75) is 32.2 Å². The smallest absolute Gasteiger partial charge is 0.319 e. The van der Waals surface area contributed by atoms with E-state index in [1.807, 2.05) is 6.26 Å². The summed E-state index contributed by atoms with van der Waals surface area (Å²) >= 11 is 6.57. The highest BCUT2D eigenvalue weighted by Gasteiger charge is 2.46. The SMILES string of the molecule is CSCCOC(=O)C1(C(N)=S)CCN(C(=O)Cn2nc(C(F)F)cc2C(F)F)CC1. The number of nitrogens with zero attached hydrogens (tertiary/aromatic N) is 3. The Morgan fingerprint density at radius 3 is 2.43 bits per heavy atom. The Labute approximate surface area is 180 Å². The first-order chi connectivity index (χ1) is 14.1. The number of nitrogens with two attached hydrogens (primary N) is 1. The molecule has 0 saturated carbocycles. The molecule has 2 heterocycles. The number of thiocarbonyl (C=S) groups is 1. The summed E-state index contributed by atoms with van der Waals surface area (Å²) in [5, 5.41) is 3.41. The van der Waals surface area contributed by atoms with Crippen LogP contribution in [-0.2, 0) is 20.9 Å². The zero-order valence-corrected chi connectivity index (χ0v) is 17.8. The van der Waals surface area contributed by atoms with Crippen LogP contribution in [0.4, 0.5) is 17.6 Å². The molecular formula is C17H22F4N4O3S2. The monoisotopic (exact) mass is 470 g/mol. The summed E-state index contributed by atoms with van der Waals surface area (Å²) < 4.78 is 57.6. The van der Waals surface area contributed by atoms with Gasteiger partial charge in [0.2, 0.25) is 5.91 Å². The highest BCUT2D eigenvalue weighted by molar-refractivity contribution is 7.98. The summed E-state index contributed by atoms with van der Waals surface area (Å²) in [6, 6.07) is 0.585. The molecular weight excluding hydrogens is 448 g/mol. The third kappa shape index (κ3) is 5.42. The Balaban J connectivity index is 2.06. The van der Waals surface area contributed by atoms with E-state index in [-0.39, 0.29) is 37.5 Å². The molecule has 2 rings (SSSR count). The average molecular weight is 471 g/mol. The summed E-state index contributed by atoms with van der Waals surface area (Å²) in [4.78, 5) is 26.4. The van der Waals surface area contributed by atoms with Crippen molar-refractivity contribution in [2.24, 2.45) is 11.1 Å². The molecule has 0 aromatic carbocycles. The molecule has 0 bridgehead atoms. The highest BCUT2D eigenvalue weighted by atomic mass is 32.2. The Morgan fingerprint density at radius 2 is 1.93 bits per heavy atom. The molecule has 1 aromatic heterocycles. The van der Waals surface area contributed by atoms with Gasteiger partial charge in [-0.1, -0.05) is 12.2 Å². The fourth-order valence-electron chi connectivity index (χ4n) is 3.13. The van der Waals surface area contributed by atoms with Crippen molar-refractivity contribution in [1.29, 1.82) is 0 Å². The van der Waals surface area contributed by atoms with Crippen LogP contribution in [0.3, 0.4) is 0 Å². The third-order valence-electron chi connectivity index (χ3n) is 4.91. The maximum atomic E-state index is 13.1. The number of halogens is 4. The van der Waals surface area contributed by atoms with Gasteiger partial charge in [0.15, 0.2) is 0 Å². The molecule has 1 aromatic rings. The molecule has 30 heavy (non-hydrogen) atoms. The summed E-state index contributed by atoms with van der Waals surface area (Å²) in [6.45, 7) is -0.249. The van der Waals surface area contributed by atoms with E-state index >= 15 is 0 Å². The van der Waals surface area contributed by atoms with Crippen molar-refractivity contribution in [3.63, 3.8) is 0 Å². The normalized spacial score (nSPS) is 16.2. The molecule has 1 saturated heterocycles. The minimum atomic E-state index is -3.06. The van der Waals surface area contributed by atoms with Crippen molar-refractivity contribution < 1.29 is 31.9 Å². The van der Waals surface area contributed by atoms with Crippen LogP contribution in [0.25, 0.3) is 0 Å². The molecule has 1 aliphatic heterocycles. The first kappa shape index (κ1) is 24.4. The predicted molar refractivity (Wildman–Crippen MR) is 107 cm³/mol. The van der Waals surface area contributed by atoms with Gasteiger partial charge in [-0.2, -0.15) is 16.9 Å². The number of ether oxygens (including phenoxy) is 1. The van der Waals surface area contributed by atoms with Crippen LogP contribution in [0.1, 0.15) is 37.1 Å². The Morgan fingerprint density at radius 1 is 1.30 bits per heavy atom. The van der Waals surface area contributed by atoms with Gasteiger partial charge in [-0.25, -0.2) is 17.6 Å². The summed E-state index contributed by atoms with van der Waals surface area (Å²) in [7, 11) is 0. The number of likely N-dealkylation sites (tertiary alicyclic amines) is 1. The number of thioether (sulfide) groups is 1. The van der Waals surface area contributed by atoms with E-state index in [4.69, 9.17) is 22.7 Å². The average Bonchev–Trinajstić information content (AvgIpc) is 3.12.